The van der Waals surface area contributed by atoms with Crippen LogP contribution in [0, 0.1) is 11.3 Å². The monoisotopic (exact) mass is 226 g/mol. The van der Waals surface area contributed by atoms with E-state index in [1.807, 2.05) is 0 Å². The van der Waals surface area contributed by atoms with Crippen molar-refractivity contribution in [3.8, 4) is 0 Å². The molecule has 3 nitrogen and oxygen atoms in total. The van der Waals surface area contributed by atoms with Gasteiger partial charge in [0.1, 0.15) is 0 Å². The molecule has 0 aromatic rings. The minimum atomic E-state index is 0.260. The third-order valence-electron chi connectivity index (χ3n) is 4.36. The maximum atomic E-state index is 5.95. The maximum absolute atomic E-state index is 5.95. The summed E-state index contributed by atoms with van der Waals surface area (Å²) in [5.74, 6) is 0.908. The number of rotatable bonds is 4. The molecule has 94 valence electrons. The summed E-state index contributed by atoms with van der Waals surface area (Å²) in [5.41, 5.74) is 6.21. The summed E-state index contributed by atoms with van der Waals surface area (Å²) >= 11 is 0. The SMILES string of the molecule is CCC1CCCN(CC2(CN)CCOC2)C1. The van der Waals surface area contributed by atoms with E-state index in [-0.39, 0.29) is 5.41 Å². The molecule has 3 heteroatoms. The lowest BCUT2D eigenvalue weighted by atomic mass is 9.85. The zero-order valence-electron chi connectivity index (χ0n) is 10.6. The van der Waals surface area contributed by atoms with Crippen LogP contribution in [0.2, 0.25) is 0 Å². The maximum Gasteiger partial charge on any atom is 0.0547 e. The molecule has 16 heavy (non-hydrogen) atoms. The summed E-state index contributed by atoms with van der Waals surface area (Å²) in [6, 6.07) is 0. The lowest BCUT2D eigenvalue weighted by Gasteiger charge is -2.38. The van der Waals surface area contributed by atoms with Gasteiger partial charge >= 0.3 is 0 Å². The van der Waals surface area contributed by atoms with Crippen LogP contribution in [0.4, 0.5) is 0 Å². The fourth-order valence-electron chi connectivity index (χ4n) is 3.10. The second-order valence-corrected chi connectivity index (χ2v) is 5.66. The summed E-state index contributed by atoms with van der Waals surface area (Å²) in [6.45, 7) is 8.56. The van der Waals surface area contributed by atoms with E-state index in [2.05, 4.69) is 11.8 Å². The molecule has 0 saturated carbocycles. The van der Waals surface area contributed by atoms with E-state index >= 15 is 0 Å². The number of likely N-dealkylation sites (tertiary alicyclic amines) is 1. The highest BCUT2D eigenvalue weighted by molar-refractivity contribution is 4.88. The highest BCUT2D eigenvalue weighted by Gasteiger charge is 2.36. The van der Waals surface area contributed by atoms with Gasteiger partial charge in [-0.1, -0.05) is 13.3 Å². The van der Waals surface area contributed by atoms with Crippen molar-refractivity contribution in [3.63, 3.8) is 0 Å². The van der Waals surface area contributed by atoms with Crippen LogP contribution < -0.4 is 5.73 Å². The summed E-state index contributed by atoms with van der Waals surface area (Å²) in [7, 11) is 0. The third kappa shape index (κ3) is 2.76. The Bertz CT molecular complexity index is 214. The van der Waals surface area contributed by atoms with E-state index < -0.39 is 0 Å². The van der Waals surface area contributed by atoms with Gasteiger partial charge in [-0.2, -0.15) is 0 Å². The van der Waals surface area contributed by atoms with Gasteiger partial charge in [0.15, 0.2) is 0 Å². The third-order valence-corrected chi connectivity index (χ3v) is 4.36. The van der Waals surface area contributed by atoms with Crippen LogP contribution in [0.3, 0.4) is 0 Å². The van der Waals surface area contributed by atoms with Crippen LogP contribution in [0.5, 0.6) is 0 Å². The smallest absolute Gasteiger partial charge is 0.0547 e. The van der Waals surface area contributed by atoms with Crippen LogP contribution in [-0.4, -0.2) is 44.3 Å². The number of nitrogens with two attached hydrogens (primary N) is 1. The first-order valence-electron chi connectivity index (χ1n) is 6.78. The van der Waals surface area contributed by atoms with Crippen molar-refractivity contribution in [2.75, 3.05) is 39.4 Å². The van der Waals surface area contributed by atoms with Gasteiger partial charge in [0.05, 0.1) is 6.61 Å². The Morgan fingerprint density at radius 3 is 3.00 bits per heavy atom. The molecule has 2 saturated heterocycles. The average Bonchev–Trinajstić information content (AvgIpc) is 2.78. The van der Waals surface area contributed by atoms with Crippen LogP contribution in [0.15, 0.2) is 0 Å². The topological polar surface area (TPSA) is 38.5 Å². The number of piperidine rings is 1. The van der Waals surface area contributed by atoms with Crippen LogP contribution in [0.1, 0.15) is 32.6 Å². The van der Waals surface area contributed by atoms with E-state index in [1.165, 1.54) is 32.4 Å². The Hall–Kier alpha value is -0.120. The summed E-state index contributed by atoms with van der Waals surface area (Å²) < 4.78 is 5.54. The second-order valence-electron chi connectivity index (χ2n) is 5.66. The standard InChI is InChI=1S/C13H26N2O/c1-2-12-4-3-6-15(8-12)10-13(9-14)5-7-16-11-13/h12H,2-11,14H2,1H3. The van der Waals surface area contributed by atoms with Crippen molar-refractivity contribution >= 4 is 0 Å². The highest BCUT2D eigenvalue weighted by atomic mass is 16.5. The van der Waals surface area contributed by atoms with Crippen molar-refractivity contribution in [3.05, 3.63) is 0 Å². The second kappa shape index (κ2) is 5.48. The van der Waals surface area contributed by atoms with Crippen molar-refractivity contribution in [1.29, 1.82) is 0 Å². The Morgan fingerprint density at radius 1 is 1.50 bits per heavy atom. The summed E-state index contributed by atoms with van der Waals surface area (Å²) in [6.07, 6.45) is 5.25. The number of hydrogen-bond acceptors (Lipinski definition) is 3. The molecular formula is C13H26N2O. The van der Waals surface area contributed by atoms with Crippen LogP contribution in [-0.2, 0) is 4.74 Å². The van der Waals surface area contributed by atoms with Crippen molar-refractivity contribution < 1.29 is 4.74 Å². The van der Waals surface area contributed by atoms with Crippen molar-refractivity contribution in [1.82, 2.24) is 4.90 Å². The first kappa shape index (κ1) is 12.3. The molecule has 2 heterocycles. The zero-order chi connectivity index (χ0) is 11.4. The van der Waals surface area contributed by atoms with Gasteiger partial charge in [-0.15, -0.1) is 0 Å². The Balaban J connectivity index is 1.87. The molecule has 0 amide bonds. The normalized spacial score (nSPS) is 36.8. The summed E-state index contributed by atoms with van der Waals surface area (Å²) in [4.78, 5) is 2.62. The molecule has 0 radical (unpaired) electrons. The van der Waals surface area contributed by atoms with Crippen molar-refractivity contribution in [2.24, 2.45) is 17.1 Å². The lowest BCUT2D eigenvalue weighted by Crippen LogP contribution is -2.46. The fraction of sp³-hybridized carbons (Fsp3) is 1.00. The molecule has 0 spiro atoms. The van der Waals surface area contributed by atoms with E-state index in [0.29, 0.717) is 0 Å². The van der Waals surface area contributed by atoms with Gasteiger partial charge in [-0.05, 0) is 31.7 Å². The van der Waals surface area contributed by atoms with Gasteiger partial charge in [0.25, 0.3) is 0 Å². The molecule has 2 atom stereocenters. The first-order valence-corrected chi connectivity index (χ1v) is 6.78. The number of hydrogen-bond donors (Lipinski definition) is 1. The Kier molecular flexibility index (Phi) is 4.22. The van der Waals surface area contributed by atoms with Gasteiger partial charge in [0.2, 0.25) is 0 Å². The van der Waals surface area contributed by atoms with E-state index in [9.17, 15) is 0 Å². The van der Waals surface area contributed by atoms with Crippen LogP contribution >= 0.6 is 0 Å². The quantitative estimate of drug-likeness (QED) is 0.789. The molecule has 2 rings (SSSR count). The Morgan fingerprint density at radius 2 is 2.38 bits per heavy atom. The minimum absolute atomic E-state index is 0.260. The van der Waals surface area contributed by atoms with Gasteiger partial charge in [0, 0.05) is 31.7 Å². The molecule has 2 aliphatic rings. The minimum Gasteiger partial charge on any atom is -0.381 e. The van der Waals surface area contributed by atoms with E-state index in [0.717, 1.165) is 38.6 Å². The molecular weight excluding hydrogens is 200 g/mol. The molecule has 2 fully saturated rings. The zero-order valence-corrected chi connectivity index (χ0v) is 10.6. The van der Waals surface area contributed by atoms with E-state index in [4.69, 9.17) is 10.5 Å². The average molecular weight is 226 g/mol. The van der Waals surface area contributed by atoms with Gasteiger partial charge < -0.3 is 15.4 Å². The summed E-state index contributed by atoms with van der Waals surface area (Å²) in [5, 5.41) is 0. The molecule has 0 aliphatic carbocycles. The molecule has 0 aromatic heterocycles. The predicted molar refractivity (Wildman–Crippen MR) is 66.4 cm³/mol. The number of nitrogens with zero attached hydrogens (tertiary/aromatic N) is 1. The van der Waals surface area contributed by atoms with E-state index in [1.54, 1.807) is 0 Å². The van der Waals surface area contributed by atoms with Gasteiger partial charge in [-0.3, -0.25) is 0 Å². The fourth-order valence-corrected chi connectivity index (χ4v) is 3.10. The molecule has 2 aliphatic heterocycles. The Labute approximate surface area is 99.3 Å². The van der Waals surface area contributed by atoms with Crippen LogP contribution in [0.25, 0.3) is 0 Å². The molecule has 0 aromatic carbocycles. The molecule has 2 N–H and O–H groups in total. The predicted octanol–water partition coefficient (Wildman–Crippen LogP) is 1.47. The molecule has 0 bridgehead atoms. The lowest BCUT2D eigenvalue weighted by molar-refractivity contribution is 0.0868. The van der Waals surface area contributed by atoms with Crippen molar-refractivity contribution in [2.45, 2.75) is 32.6 Å². The highest BCUT2D eigenvalue weighted by Crippen LogP contribution is 2.30. The van der Waals surface area contributed by atoms with Gasteiger partial charge in [-0.25, -0.2) is 0 Å². The first-order chi connectivity index (χ1) is 7.78. The number of ether oxygens (including phenoxy) is 1. The largest absolute Gasteiger partial charge is 0.381 e. The molecule has 2 unspecified atom stereocenters.